The lowest BCUT2D eigenvalue weighted by Crippen LogP contribution is -2.23. The van der Waals surface area contributed by atoms with E-state index in [1.54, 1.807) is 13.1 Å². The van der Waals surface area contributed by atoms with Crippen LogP contribution < -0.4 is 5.32 Å². The number of likely N-dealkylation sites (N-methyl/N-ethyl adjacent to an activating group) is 1. The van der Waals surface area contributed by atoms with Crippen molar-refractivity contribution < 1.29 is 4.79 Å². The standard InChI is InChI=1S/C8H10ClNOS/c1-5(8(11)10-2)6-3-4-7(9)12-6/h3-5H,1-2H3,(H,10,11). The van der Waals surface area contributed by atoms with E-state index in [1.807, 2.05) is 13.0 Å². The second-order valence-electron chi connectivity index (χ2n) is 2.48. The van der Waals surface area contributed by atoms with E-state index < -0.39 is 0 Å². The molecule has 1 rings (SSSR count). The Hall–Kier alpha value is -0.540. The van der Waals surface area contributed by atoms with Gasteiger partial charge in [-0.2, -0.15) is 0 Å². The van der Waals surface area contributed by atoms with Crippen LogP contribution in [0.25, 0.3) is 0 Å². The average Bonchev–Trinajstić information content (AvgIpc) is 2.49. The summed E-state index contributed by atoms with van der Waals surface area (Å²) in [5.74, 6) is -0.0824. The molecule has 0 saturated carbocycles. The van der Waals surface area contributed by atoms with Gasteiger partial charge in [0.05, 0.1) is 10.3 Å². The number of halogens is 1. The molecule has 2 nitrogen and oxygen atoms in total. The smallest absolute Gasteiger partial charge is 0.227 e. The second kappa shape index (κ2) is 3.92. The highest BCUT2D eigenvalue weighted by Crippen LogP contribution is 2.27. The van der Waals surface area contributed by atoms with Gasteiger partial charge in [0.1, 0.15) is 0 Å². The number of thiophene rings is 1. The highest BCUT2D eigenvalue weighted by molar-refractivity contribution is 7.16. The van der Waals surface area contributed by atoms with Crippen LogP contribution in [0.1, 0.15) is 17.7 Å². The van der Waals surface area contributed by atoms with Crippen LogP contribution in [-0.4, -0.2) is 13.0 Å². The van der Waals surface area contributed by atoms with Gasteiger partial charge >= 0.3 is 0 Å². The zero-order chi connectivity index (χ0) is 9.14. The third-order valence-electron chi connectivity index (χ3n) is 1.66. The molecule has 0 aliphatic heterocycles. The maximum Gasteiger partial charge on any atom is 0.227 e. The van der Waals surface area contributed by atoms with Crippen LogP contribution in [0.15, 0.2) is 12.1 Å². The number of nitrogens with one attached hydrogen (secondary N) is 1. The number of rotatable bonds is 2. The maximum absolute atomic E-state index is 11.2. The molecular formula is C8H10ClNOS. The van der Waals surface area contributed by atoms with Gasteiger partial charge in [-0.25, -0.2) is 0 Å². The molecule has 1 unspecified atom stereocenters. The van der Waals surface area contributed by atoms with Crippen molar-refractivity contribution in [2.75, 3.05) is 7.05 Å². The molecule has 1 heterocycles. The summed E-state index contributed by atoms with van der Waals surface area (Å²) < 4.78 is 0.723. The number of carbonyl (C=O) groups is 1. The van der Waals surface area contributed by atoms with Crippen molar-refractivity contribution in [1.82, 2.24) is 5.32 Å². The van der Waals surface area contributed by atoms with Crippen LogP contribution in [0, 0.1) is 0 Å². The minimum Gasteiger partial charge on any atom is -0.359 e. The first-order valence-corrected chi connectivity index (χ1v) is 4.81. The number of hydrogen-bond acceptors (Lipinski definition) is 2. The molecule has 1 N–H and O–H groups in total. The van der Waals surface area contributed by atoms with Crippen LogP contribution >= 0.6 is 22.9 Å². The molecule has 0 aliphatic rings. The van der Waals surface area contributed by atoms with Crippen molar-refractivity contribution >= 4 is 28.8 Å². The molecule has 0 radical (unpaired) electrons. The Morgan fingerprint density at radius 2 is 2.33 bits per heavy atom. The lowest BCUT2D eigenvalue weighted by Gasteiger charge is -2.05. The molecule has 1 atom stereocenters. The Labute approximate surface area is 80.5 Å². The van der Waals surface area contributed by atoms with Gasteiger partial charge in [-0.15, -0.1) is 11.3 Å². The van der Waals surface area contributed by atoms with Crippen LogP contribution in [0.2, 0.25) is 4.34 Å². The first-order valence-electron chi connectivity index (χ1n) is 3.62. The van der Waals surface area contributed by atoms with Crippen molar-refractivity contribution in [2.45, 2.75) is 12.8 Å². The van der Waals surface area contributed by atoms with Crippen LogP contribution in [-0.2, 0) is 4.79 Å². The fourth-order valence-electron chi connectivity index (χ4n) is 0.907. The molecule has 0 bridgehead atoms. The lowest BCUT2D eigenvalue weighted by molar-refractivity contribution is -0.121. The fourth-order valence-corrected chi connectivity index (χ4v) is 2.02. The Kier molecular flexibility index (Phi) is 3.12. The topological polar surface area (TPSA) is 29.1 Å². The minimum atomic E-state index is -0.104. The van der Waals surface area contributed by atoms with Gasteiger partial charge in [-0.05, 0) is 19.1 Å². The highest BCUT2D eigenvalue weighted by Gasteiger charge is 2.14. The Morgan fingerprint density at radius 1 is 1.67 bits per heavy atom. The average molecular weight is 204 g/mol. The quantitative estimate of drug-likeness (QED) is 0.785. The summed E-state index contributed by atoms with van der Waals surface area (Å²) >= 11 is 7.18. The van der Waals surface area contributed by atoms with E-state index in [2.05, 4.69) is 5.32 Å². The first kappa shape index (κ1) is 9.55. The molecule has 1 aromatic rings. The summed E-state index contributed by atoms with van der Waals surface area (Å²) in [5.41, 5.74) is 0. The van der Waals surface area contributed by atoms with Gasteiger partial charge in [0, 0.05) is 11.9 Å². The second-order valence-corrected chi connectivity index (χ2v) is 4.22. The van der Waals surface area contributed by atoms with Crippen molar-refractivity contribution in [3.63, 3.8) is 0 Å². The normalized spacial score (nSPS) is 12.6. The lowest BCUT2D eigenvalue weighted by atomic mass is 10.1. The highest BCUT2D eigenvalue weighted by atomic mass is 35.5. The summed E-state index contributed by atoms with van der Waals surface area (Å²) in [5, 5.41) is 2.60. The molecule has 4 heteroatoms. The van der Waals surface area contributed by atoms with Gasteiger partial charge in [0.2, 0.25) is 5.91 Å². The summed E-state index contributed by atoms with van der Waals surface area (Å²) in [6.07, 6.45) is 0. The summed E-state index contributed by atoms with van der Waals surface area (Å²) in [6.45, 7) is 1.86. The Balaban J connectivity index is 2.77. The zero-order valence-corrected chi connectivity index (χ0v) is 8.50. The van der Waals surface area contributed by atoms with Gasteiger partial charge in [-0.1, -0.05) is 11.6 Å². The summed E-state index contributed by atoms with van der Waals surface area (Å²) in [6, 6.07) is 3.69. The molecular weight excluding hydrogens is 194 g/mol. The van der Waals surface area contributed by atoms with E-state index in [9.17, 15) is 4.79 Å². The van der Waals surface area contributed by atoms with E-state index in [0.29, 0.717) is 0 Å². The van der Waals surface area contributed by atoms with E-state index in [4.69, 9.17) is 11.6 Å². The van der Waals surface area contributed by atoms with Gasteiger partial charge < -0.3 is 5.32 Å². The van der Waals surface area contributed by atoms with Gasteiger partial charge in [0.15, 0.2) is 0 Å². The maximum atomic E-state index is 11.2. The predicted octanol–water partition coefficient (Wildman–Crippen LogP) is 2.25. The monoisotopic (exact) mass is 203 g/mol. The fraction of sp³-hybridized carbons (Fsp3) is 0.375. The van der Waals surface area contributed by atoms with E-state index in [1.165, 1.54) is 11.3 Å². The number of carbonyl (C=O) groups excluding carboxylic acids is 1. The molecule has 12 heavy (non-hydrogen) atoms. The Morgan fingerprint density at radius 3 is 2.75 bits per heavy atom. The molecule has 0 saturated heterocycles. The molecule has 0 aliphatic carbocycles. The zero-order valence-electron chi connectivity index (χ0n) is 6.93. The van der Waals surface area contributed by atoms with Crippen LogP contribution in [0.5, 0.6) is 0 Å². The summed E-state index contributed by atoms with van der Waals surface area (Å²) in [4.78, 5) is 12.2. The Bertz CT molecular complexity index is 284. The summed E-state index contributed by atoms with van der Waals surface area (Å²) in [7, 11) is 1.63. The van der Waals surface area contributed by atoms with E-state index >= 15 is 0 Å². The number of amides is 1. The van der Waals surface area contributed by atoms with Crippen LogP contribution in [0.3, 0.4) is 0 Å². The van der Waals surface area contributed by atoms with E-state index in [-0.39, 0.29) is 11.8 Å². The molecule has 1 aromatic heterocycles. The molecule has 0 spiro atoms. The molecule has 0 aromatic carbocycles. The predicted molar refractivity (Wildman–Crippen MR) is 51.8 cm³/mol. The molecule has 0 fully saturated rings. The van der Waals surface area contributed by atoms with Crippen molar-refractivity contribution in [3.05, 3.63) is 21.3 Å². The first-order chi connectivity index (χ1) is 5.65. The number of hydrogen-bond donors (Lipinski definition) is 1. The third-order valence-corrected chi connectivity index (χ3v) is 3.07. The largest absolute Gasteiger partial charge is 0.359 e. The van der Waals surface area contributed by atoms with Crippen molar-refractivity contribution in [2.24, 2.45) is 0 Å². The van der Waals surface area contributed by atoms with Crippen molar-refractivity contribution in [3.8, 4) is 0 Å². The van der Waals surface area contributed by atoms with Gasteiger partial charge in [-0.3, -0.25) is 4.79 Å². The van der Waals surface area contributed by atoms with Crippen LogP contribution in [0.4, 0.5) is 0 Å². The SMILES string of the molecule is CNC(=O)C(C)c1ccc(Cl)s1. The molecule has 66 valence electrons. The minimum absolute atomic E-state index is 0.0218. The van der Waals surface area contributed by atoms with E-state index in [0.717, 1.165) is 9.21 Å². The molecule has 1 amide bonds. The van der Waals surface area contributed by atoms with Gasteiger partial charge in [0.25, 0.3) is 0 Å². The third kappa shape index (κ3) is 1.99. The van der Waals surface area contributed by atoms with Crippen molar-refractivity contribution in [1.29, 1.82) is 0 Å².